The van der Waals surface area contributed by atoms with Crippen molar-refractivity contribution >= 4 is 23.1 Å². The van der Waals surface area contributed by atoms with E-state index in [1.807, 2.05) is 0 Å². The quantitative estimate of drug-likeness (QED) is 0.546. The largest absolute Gasteiger partial charge is 0.395 e. The van der Waals surface area contributed by atoms with Crippen molar-refractivity contribution < 1.29 is 14.0 Å². The van der Waals surface area contributed by atoms with Gasteiger partial charge >= 0.3 is 0 Å². The molecule has 1 amide bonds. The molecule has 0 radical (unpaired) electrons. The molecule has 1 fully saturated rings. The van der Waals surface area contributed by atoms with E-state index in [1.54, 1.807) is 0 Å². The number of nitrogens with two attached hydrogens (primary N) is 1. The molecule has 4 nitrogen and oxygen atoms in total. The lowest BCUT2D eigenvalue weighted by Crippen LogP contribution is -2.25. The summed E-state index contributed by atoms with van der Waals surface area (Å²) in [5, 5.41) is 0. The number of anilines is 2. The number of hydrogen-bond acceptors (Lipinski definition) is 3. The van der Waals surface area contributed by atoms with E-state index in [0.29, 0.717) is 0 Å². The normalized spacial score (nSPS) is 16.2. The smallest absolute Gasteiger partial charge is 0.234 e. The molecule has 0 aromatic heterocycles. The lowest BCUT2D eigenvalue weighted by atomic mass is 10.2. The zero-order valence-corrected chi connectivity index (χ0v) is 7.87. The summed E-state index contributed by atoms with van der Waals surface area (Å²) in [4.78, 5) is 23.6. The molecule has 1 aliphatic heterocycles. The van der Waals surface area contributed by atoms with Gasteiger partial charge in [0.1, 0.15) is 5.82 Å². The second-order valence-corrected chi connectivity index (χ2v) is 3.37. The van der Waals surface area contributed by atoms with Crippen molar-refractivity contribution in [1.82, 2.24) is 0 Å². The Labute approximate surface area is 85.5 Å². The van der Waals surface area contributed by atoms with Crippen LogP contribution in [0.3, 0.4) is 0 Å². The number of carbonyl (C=O) groups excluding carboxylic acids is 2. The van der Waals surface area contributed by atoms with Gasteiger partial charge in [0.2, 0.25) is 5.91 Å². The Kier molecular flexibility index (Phi) is 2.15. The van der Waals surface area contributed by atoms with Crippen LogP contribution in [-0.2, 0) is 9.59 Å². The molecule has 1 saturated heterocycles. The van der Waals surface area contributed by atoms with Crippen LogP contribution in [0.15, 0.2) is 18.2 Å². The third-order valence-electron chi connectivity index (χ3n) is 2.30. The lowest BCUT2D eigenvalue weighted by molar-refractivity contribution is -0.121. The summed E-state index contributed by atoms with van der Waals surface area (Å²) < 4.78 is 13.1. The molecule has 0 spiro atoms. The minimum atomic E-state index is -0.584. The van der Waals surface area contributed by atoms with Crippen molar-refractivity contribution in [3.05, 3.63) is 24.0 Å². The average Bonchev–Trinajstić information content (AvgIpc) is 2.50. The molecule has 2 rings (SSSR count). The Bertz CT molecular complexity index is 445. The molecule has 0 bridgehead atoms. The molecule has 1 aliphatic rings. The van der Waals surface area contributed by atoms with Crippen LogP contribution in [0.1, 0.15) is 6.42 Å². The first-order valence-corrected chi connectivity index (χ1v) is 4.45. The van der Waals surface area contributed by atoms with Crippen LogP contribution in [0.4, 0.5) is 15.8 Å². The van der Waals surface area contributed by atoms with Crippen molar-refractivity contribution in [3.63, 3.8) is 0 Å². The van der Waals surface area contributed by atoms with Crippen LogP contribution in [0, 0.1) is 5.82 Å². The first kappa shape index (κ1) is 9.64. The van der Waals surface area contributed by atoms with Crippen molar-refractivity contribution in [3.8, 4) is 0 Å². The minimum Gasteiger partial charge on any atom is -0.395 e. The average molecular weight is 208 g/mol. The number of para-hydroxylation sites is 1. The highest BCUT2D eigenvalue weighted by atomic mass is 19.1. The zero-order chi connectivity index (χ0) is 11.0. The number of halogens is 1. The molecule has 5 heteroatoms. The summed E-state index contributed by atoms with van der Waals surface area (Å²) in [5.74, 6) is -1.10. The van der Waals surface area contributed by atoms with E-state index in [0.717, 1.165) is 0 Å². The molecule has 2 N–H and O–H groups in total. The van der Waals surface area contributed by atoms with Gasteiger partial charge in [-0.25, -0.2) is 4.39 Å². The third-order valence-corrected chi connectivity index (χ3v) is 2.30. The van der Waals surface area contributed by atoms with E-state index in [9.17, 15) is 14.0 Å². The molecule has 1 aromatic carbocycles. The molecule has 0 aliphatic carbocycles. The second-order valence-electron chi connectivity index (χ2n) is 3.37. The third kappa shape index (κ3) is 1.56. The van der Waals surface area contributed by atoms with Gasteiger partial charge in [-0.15, -0.1) is 0 Å². The highest BCUT2D eigenvalue weighted by molar-refractivity contribution is 6.15. The van der Waals surface area contributed by atoms with E-state index in [-0.39, 0.29) is 36.0 Å². The summed E-state index contributed by atoms with van der Waals surface area (Å²) in [6, 6.07) is 4.19. The van der Waals surface area contributed by atoms with Crippen LogP contribution in [-0.4, -0.2) is 18.2 Å². The number of amides is 1. The maximum Gasteiger partial charge on any atom is 0.234 e. The van der Waals surface area contributed by atoms with Gasteiger partial charge in [-0.05, 0) is 12.1 Å². The molecule has 0 unspecified atom stereocenters. The standard InChI is InChI=1S/C10H9FN2O2/c11-7-2-1-3-8(10(7)12)13-5-6(14)4-9(13)15/h1-3H,4-5,12H2. The summed E-state index contributed by atoms with van der Waals surface area (Å²) >= 11 is 0. The second kappa shape index (κ2) is 3.34. The molecule has 0 saturated carbocycles. The van der Waals surface area contributed by atoms with Gasteiger partial charge in [-0.1, -0.05) is 6.07 Å². The van der Waals surface area contributed by atoms with E-state index >= 15 is 0 Å². The molecular weight excluding hydrogens is 199 g/mol. The number of nitrogens with zero attached hydrogens (tertiary/aromatic N) is 1. The first-order chi connectivity index (χ1) is 7.09. The van der Waals surface area contributed by atoms with Crippen molar-refractivity contribution in [2.75, 3.05) is 17.2 Å². The molecule has 0 atom stereocenters. The molecular formula is C10H9FN2O2. The van der Waals surface area contributed by atoms with E-state index in [2.05, 4.69) is 0 Å². The Morgan fingerprint density at radius 1 is 1.33 bits per heavy atom. The van der Waals surface area contributed by atoms with Gasteiger partial charge in [0.05, 0.1) is 24.3 Å². The number of hydrogen-bond donors (Lipinski definition) is 1. The SMILES string of the molecule is Nc1c(F)cccc1N1CC(=O)CC1=O. The van der Waals surface area contributed by atoms with Gasteiger partial charge in [-0.2, -0.15) is 0 Å². The minimum absolute atomic E-state index is 0.0213. The molecule has 78 valence electrons. The van der Waals surface area contributed by atoms with Crippen LogP contribution in [0.25, 0.3) is 0 Å². The summed E-state index contributed by atoms with van der Waals surface area (Å²) in [7, 11) is 0. The zero-order valence-electron chi connectivity index (χ0n) is 7.87. The van der Waals surface area contributed by atoms with Crippen molar-refractivity contribution in [2.24, 2.45) is 0 Å². The molecule has 1 heterocycles. The van der Waals surface area contributed by atoms with E-state index in [4.69, 9.17) is 5.73 Å². The fourth-order valence-electron chi connectivity index (χ4n) is 1.57. The number of benzene rings is 1. The Balaban J connectivity index is 2.42. The van der Waals surface area contributed by atoms with Crippen LogP contribution >= 0.6 is 0 Å². The van der Waals surface area contributed by atoms with Gasteiger partial charge in [0.25, 0.3) is 0 Å². The lowest BCUT2D eigenvalue weighted by Gasteiger charge is -2.16. The summed E-state index contributed by atoms with van der Waals surface area (Å²) in [6.07, 6.45) is -0.129. The van der Waals surface area contributed by atoms with E-state index in [1.165, 1.54) is 23.1 Å². The Hall–Kier alpha value is -1.91. The summed E-state index contributed by atoms with van der Waals surface area (Å²) in [6.45, 7) is -0.0213. The maximum absolute atomic E-state index is 13.1. The Morgan fingerprint density at radius 2 is 2.07 bits per heavy atom. The van der Waals surface area contributed by atoms with Crippen LogP contribution in [0.2, 0.25) is 0 Å². The monoisotopic (exact) mass is 208 g/mol. The number of nitrogen functional groups attached to an aromatic ring is 1. The topological polar surface area (TPSA) is 63.4 Å². The highest BCUT2D eigenvalue weighted by Gasteiger charge is 2.30. The van der Waals surface area contributed by atoms with Gasteiger partial charge in [0, 0.05) is 0 Å². The summed E-state index contributed by atoms with van der Waals surface area (Å²) in [5.41, 5.74) is 5.66. The van der Waals surface area contributed by atoms with Crippen LogP contribution in [0.5, 0.6) is 0 Å². The fourth-order valence-corrected chi connectivity index (χ4v) is 1.57. The Morgan fingerprint density at radius 3 is 2.67 bits per heavy atom. The van der Waals surface area contributed by atoms with Crippen molar-refractivity contribution in [2.45, 2.75) is 6.42 Å². The molecule has 1 aromatic rings. The van der Waals surface area contributed by atoms with Gasteiger partial charge in [-0.3, -0.25) is 9.59 Å². The van der Waals surface area contributed by atoms with Gasteiger partial charge < -0.3 is 10.6 Å². The number of Topliss-reactive ketones (excluding diaryl/α,β-unsaturated/α-hetero) is 1. The number of ketones is 1. The van der Waals surface area contributed by atoms with Crippen molar-refractivity contribution in [1.29, 1.82) is 0 Å². The number of carbonyl (C=O) groups is 2. The maximum atomic E-state index is 13.1. The first-order valence-electron chi connectivity index (χ1n) is 4.45. The predicted octanol–water partition coefficient (Wildman–Crippen LogP) is 0.714. The predicted molar refractivity (Wildman–Crippen MR) is 52.8 cm³/mol. The van der Waals surface area contributed by atoms with Gasteiger partial charge in [0.15, 0.2) is 5.78 Å². The molecule has 15 heavy (non-hydrogen) atoms. The van der Waals surface area contributed by atoms with E-state index < -0.39 is 5.82 Å². The fraction of sp³-hybridized carbons (Fsp3) is 0.200. The number of rotatable bonds is 1. The highest BCUT2D eigenvalue weighted by Crippen LogP contribution is 2.28. The van der Waals surface area contributed by atoms with Crippen LogP contribution < -0.4 is 10.6 Å².